The van der Waals surface area contributed by atoms with Crippen LogP contribution in [0.25, 0.3) is 0 Å². The van der Waals surface area contributed by atoms with Gasteiger partial charge in [0.15, 0.2) is 0 Å². The molecule has 0 aromatic heterocycles. The third-order valence-corrected chi connectivity index (χ3v) is 6.40. The van der Waals surface area contributed by atoms with Gasteiger partial charge in [-0.05, 0) is 50.2 Å². The van der Waals surface area contributed by atoms with E-state index in [1.807, 2.05) is 38.1 Å². The quantitative estimate of drug-likeness (QED) is 0.759. The molecule has 0 radical (unpaired) electrons. The van der Waals surface area contributed by atoms with E-state index in [0.717, 1.165) is 11.4 Å². The number of anilines is 1. The Bertz CT molecular complexity index is 858. The highest BCUT2D eigenvalue weighted by Gasteiger charge is 2.28. The lowest BCUT2D eigenvalue weighted by atomic mass is 10.2. The molecule has 0 unspecified atom stereocenters. The third-order valence-electron chi connectivity index (χ3n) is 4.49. The van der Waals surface area contributed by atoms with Crippen molar-refractivity contribution in [2.75, 3.05) is 38.2 Å². The SMILES string of the molecule is COc1cccc(N2CCN(S(=O)(=O)c3ccc(OC(C)C)cc3)CC2)c1. The molecule has 6 nitrogen and oxygen atoms in total. The fourth-order valence-corrected chi connectivity index (χ4v) is 4.53. The predicted octanol–water partition coefficient (Wildman–Crippen LogP) is 2.99. The predicted molar refractivity (Wildman–Crippen MR) is 106 cm³/mol. The molecule has 0 amide bonds. The summed E-state index contributed by atoms with van der Waals surface area (Å²) >= 11 is 0. The molecule has 1 heterocycles. The highest BCUT2D eigenvalue weighted by molar-refractivity contribution is 7.89. The van der Waals surface area contributed by atoms with Crippen molar-refractivity contribution < 1.29 is 17.9 Å². The molecule has 146 valence electrons. The van der Waals surface area contributed by atoms with Gasteiger partial charge in [0.1, 0.15) is 11.5 Å². The first-order valence-corrected chi connectivity index (χ1v) is 10.5. The van der Waals surface area contributed by atoms with E-state index in [1.165, 1.54) is 0 Å². The van der Waals surface area contributed by atoms with Crippen LogP contribution in [0.1, 0.15) is 13.8 Å². The van der Waals surface area contributed by atoms with Crippen LogP contribution in [0.15, 0.2) is 53.4 Å². The Morgan fingerprint density at radius 1 is 0.926 bits per heavy atom. The summed E-state index contributed by atoms with van der Waals surface area (Å²) in [6.07, 6.45) is 0.0529. The van der Waals surface area contributed by atoms with Crippen LogP contribution in [-0.2, 0) is 10.0 Å². The summed E-state index contributed by atoms with van der Waals surface area (Å²) in [6, 6.07) is 14.5. The van der Waals surface area contributed by atoms with Crippen molar-refractivity contribution in [1.82, 2.24) is 4.31 Å². The molecule has 0 spiro atoms. The maximum Gasteiger partial charge on any atom is 0.243 e. The molecule has 1 aliphatic rings. The van der Waals surface area contributed by atoms with Gasteiger partial charge in [0.05, 0.1) is 18.1 Å². The standard InChI is InChI=1S/C20H26N2O4S/c1-16(2)26-18-7-9-20(10-8-18)27(23,24)22-13-11-21(12-14-22)17-5-4-6-19(15-17)25-3/h4-10,15-16H,11-14H2,1-3H3. The highest BCUT2D eigenvalue weighted by Crippen LogP contribution is 2.25. The lowest BCUT2D eigenvalue weighted by molar-refractivity contribution is 0.242. The molecular weight excluding hydrogens is 364 g/mol. The van der Waals surface area contributed by atoms with Gasteiger partial charge in [0.2, 0.25) is 10.0 Å². The molecule has 1 fully saturated rings. The Morgan fingerprint density at radius 2 is 1.59 bits per heavy atom. The minimum atomic E-state index is -3.50. The van der Waals surface area contributed by atoms with Gasteiger partial charge in [0, 0.05) is 37.9 Å². The number of ether oxygens (including phenoxy) is 2. The molecule has 0 N–H and O–H groups in total. The van der Waals surface area contributed by atoms with E-state index in [-0.39, 0.29) is 6.10 Å². The Balaban J connectivity index is 1.67. The Hall–Kier alpha value is -2.25. The first-order chi connectivity index (χ1) is 12.9. The Kier molecular flexibility index (Phi) is 5.92. The van der Waals surface area contributed by atoms with Crippen LogP contribution in [0.3, 0.4) is 0 Å². The van der Waals surface area contributed by atoms with E-state index in [4.69, 9.17) is 9.47 Å². The number of hydrogen-bond donors (Lipinski definition) is 0. The second kappa shape index (κ2) is 8.19. The second-order valence-electron chi connectivity index (χ2n) is 6.73. The lowest BCUT2D eigenvalue weighted by Crippen LogP contribution is -2.48. The first kappa shape index (κ1) is 19.5. The fraction of sp³-hybridized carbons (Fsp3) is 0.400. The zero-order chi connectivity index (χ0) is 19.4. The normalized spacial score (nSPS) is 15.8. The fourth-order valence-electron chi connectivity index (χ4n) is 3.11. The number of piperazine rings is 1. The number of methoxy groups -OCH3 is 1. The number of hydrogen-bond acceptors (Lipinski definition) is 5. The molecular formula is C20H26N2O4S. The molecule has 0 bridgehead atoms. The zero-order valence-electron chi connectivity index (χ0n) is 16.0. The summed E-state index contributed by atoms with van der Waals surface area (Å²) in [5, 5.41) is 0. The van der Waals surface area contributed by atoms with Gasteiger partial charge in [-0.3, -0.25) is 0 Å². The number of nitrogens with zero attached hydrogens (tertiary/aromatic N) is 2. The Labute approximate surface area is 161 Å². The number of benzene rings is 2. The average Bonchev–Trinajstić information content (AvgIpc) is 2.68. The van der Waals surface area contributed by atoms with Gasteiger partial charge in [-0.1, -0.05) is 6.07 Å². The molecule has 2 aromatic carbocycles. The zero-order valence-corrected chi connectivity index (χ0v) is 16.8. The molecule has 0 atom stereocenters. The summed E-state index contributed by atoms with van der Waals surface area (Å²) in [5.41, 5.74) is 1.04. The maximum absolute atomic E-state index is 12.9. The van der Waals surface area contributed by atoms with Crippen molar-refractivity contribution in [3.63, 3.8) is 0 Å². The van der Waals surface area contributed by atoms with Crippen LogP contribution < -0.4 is 14.4 Å². The van der Waals surface area contributed by atoms with Crippen LogP contribution >= 0.6 is 0 Å². The summed E-state index contributed by atoms with van der Waals surface area (Å²) in [7, 11) is -1.86. The van der Waals surface area contributed by atoms with Crippen molar-refractivity contribution in [1.29, 1.82) is 0 Å². The molecule has 1 saturated heterocycles. The van der Waals surface area contributed by atoms with E-state index in [9.17, 15) is 8.42 Å². The van der Waals surface area contributed by atoms with Crippen molar-refractivity contribution >= 4 is 15.7 Å². The maximum atomic E-state index is 12.9. The summed E-state index contributed by atoms with van der Waals surface area (Å²) in [5.74, 6) is 1.47. The topological polar surface area (TPSA) is 59.1 Å². The van der Waals surface area contributed by atoms with E-state index in [0.29, 0.717) is 36.8 Å². The van der Waals surface area contributed by atoms with Gasteiger partial charge in [-0.25, -0.2) is 8.42 Å². The van der Waals surface area contributed by atoms with E-state index >= 15 is 0 Å². The summed E-state index contributed by atoms with van der Waals surface area (Å²) in [6.45, 7) is 6.05. The van der Waals surface area contributed by atoms with E-state index in [1.54, 1.807) is 35.7 Å². The molecule has 7 heteroatoms. The van der Waals surface area contributed by atoms with Crippen LogP contribution in [0.2, 0.25) is 0 Å². The summed E-state index contributed by atoms with van der Waals surface area (Å²) in [4.78, 5) is 2.47. The van der Waals surface area contributed by atoms with Gasteiger partial charge in [-0.15, -0.1) is 0 Å². The molecule has 2 aromatic rings. The van der Waals surface area contributed by atoms with Gasteiger partial charge >= 0.3 is 0 Å². The van der Waals surface area contributed by atoms with Crippen molar-refractivity contribution in [3.8, 4) is 11.5 Å². The first-order valence-electron chi connectivity index (χ1n) is 9.06. The third kappa shape index (κ3) is 4.54. The minimum absolute atomic E-state index is 0.0529. The number of sulfonamides is 1. The largest absolute Gasteiger partial charge is 0.497 e. The monoisotopic (exact) mass is 390 g/mol. The van der Waals surface area contributed by atoms with Crippen LogP contribution in [0.5, 0.6) is 11.5 Å². The van der Waals surface area contributed by atoms with Crippen LogP contribution in [-0.4, -0.2) is 52.1 Å². The van der Waals surface area contributed by atoms with Gasteiger partial charge < -0.3 is 14.4 Å². The van der Waals surface area contributed by atoms with Crippen molar-refractivity contribution in [2.24, 2.45) is 0 Å². The van der Waals surface area contributed by atoms with Crippen molar-refractivity contribution in [2.45, 2.75) is 24.8 Å². The second-order valence-corrected chi connectivity index (χ2v) is 8.67. The van der Waals surface area contributed by atoms with E-state index in [2.05, 4.69) is 4.90 Å². The van der Waals surface area contributed by atoms with Crippen LogP contribution in [0, 0.1) is 0 Å². The molecule has 3 rings (SSSR count). The highest BCUT2D eigenvalue weighted by atomic mass is 32.2. The average molecular weight is 391 g/mol. The minimum Gasteiger partial charge on any atom is -0.497 e. The molecule has 27 heavy (non-hydrogen) atoms. The molecule has 1 aliphatic heterocycles. The summed E-state index contributed by atoms with van der Waals surface area (Å²) < 4.78 is 38.2. The Morgan fingerprint density at radius 3 is 2.19 bits per heavy atom. The van der Waals surface area contributed by atoms with Gasteiger partial charge in [-0.2, -0.15) is 4.31 Å². The lowest BCUT2D eigenvalue weighted by Gasteiger charge is -2.35. The molecule has 0 aliphatic carbocycles. The van der Waals surface area contributed by atoms with Crippen LogP contribution in [0.4, 0.5) is 5.69 Å². The van der Waals surface area contributed by atoms with Gasteiger partial charge in [0.25, 0.3) is 0 Å². The van der Waals surface area contributed by atoms with Crippen molar-refractivity contribution in [3.05, 3.63) is 48.5 Å². The smallest absolute Gasteiger partial charge is 0.243 e. The van der Waals surface area contributed by atoms with E-state index < -0.39 is 10.0 Å². The number of rotatable bonds is 6. The molecule has 0 saturated carbocycles.